The van der Waals surface area contributed by atoms with E-state index < -0.39 is 9.84 Å². The average Bonchev–Trinajstić information content (AvgIpc) is 2.74. The summed E-state index contributed by atoms with van der Waals surface area (Å²) in [5.41, 5.74) is 0.504. The Labute approximate surface area is 110 Å². The van der Waals surface area contributed by atoms with E-state index >= 15 is 0 Å². The van der Waals surface area contributed by atoms with Gasteiger partial charge in [0, 0.05) is 16.7 Å². The third-order valence-corrected chi connectivity index (χ3v) is 4.64. The van der Waals surface area contributed by atoms with Crippen LogP contribution in [-0.4, -0.2) is 20.5 Å². The molecule has 0 N–H and O–H groups in total. The van der Waals surface area contributed by atoms with Crippen LogP contribution in [0.4, 0.5) is 0 Å². The summed E-state index contributed by atoms with van der Waals surface area (Å²) in [6, 6.07) is 9.70. The molecule has 0 spiro atoms. The minimum Gasteiger partial charge on any atom is -0.288 e. The normalized spacial score (nSPS) is 11.4. The molecule has 2 rings (SSSR count). The molecule has 0 saturated carbocycles. The van der Waals surface area contributed by atoms with Crippen LogP contribution in [0.2, 0.25) is 0 Å². The quantitative estimate of drug-likeness (QED) is 0.812. The first kappa shape index (κ1) is 13.0. The Morgan fingerprint density at radius 3 is 2.11 bits per heavy atom. The smallest absolute Gasteiger partial charge is 0.202 e. The highest BCUT2D eigenvalue weighted by Gasteiger charge is 2.12. The van der Waals surface area contributed by atoms with Crippen LogP contribution in [0, 0.1) is 6.92 Å². The van der Waals surface area contributed by atoms with Crippen molar-refractivity contribution in [2.24, 2.45) is 0 Å². The van der Waals surface area contributed by atoms with E-state index in [9.17, 15) is 13.2 Å². The van der Waals surface area contributed by atoms with Crippen LogP contribution in [0.5, 0.6) is 0 Å². The number of benzene rings is 1. The van der Waals surface area contributed by atoms with Crippen molar-refractivity contribution < 1.29 is 13.2 Å². The zero-order chi connectivity index (χ0) is 13.3. The second-order valence-electron chi connectivity index (χ2n) is 4.04. The first-order valence-electron chi connectivity index (χ1n) is 5.29. The van der Waals surface area contributed by atoms with Crippen LogP contribution >= 0.6 is 11.3 Å². The molecule has 1 aromatic carbocycles. The van der Waals surface area contributed by atoms with E-state index in [4.69, 9.17) is 0 Å². The summed E-state index contributed by atoms with van der Waals surface area (Å²) in [4.78, 5) is 14.0. The van der Waals surface area contributed by atoms with Gasteiger partial charge in [-0.2, -0.15) is 0 Å². The van der Waals surface area contributed by atoms with Crippen molar-refractivity contribution in [3.63, 3.8) is 0 Å². The van der Waals surface area contributed by atoms with Crippen LogP contribution in [0.15, 0.2) is 41.3 Å². The SMILES string of the molecule is Cc1ccc(C(=O)c2ccc(S(C)(=O)=O)cc2)s1. The summed E-state index contributed by atoms with van der Waals surface area (Å²) < 4.78 is 22.6. The van der Waals surface area contributed by atoms with E-state index in [1.165, 1.54) is 23.5 Å². The number of sulfone groups is 1. The fourth-order valence-electron chi connectivity index (χ4n) is 1.55. The standard InChI is InChI=1S/C13H12O3S2/c1-9-3-8-12(17-9)13(14)10-4-6-11(7-5-10)18(2,15)16/h3-8H,1-2H3. The molecule has 94 valence electrons. The Morgan fingerprint density at radius 2 is 1.67 bits per heavy atom. The van der Waals surface area contributed by atoms with Gasteiger partial charge in [-0.1, -0.05) is 0 Å². The van der Waals surface area contributed by atoms with Gasteiger partial charge in [-0.25, -0.2) is 8.42 Å². The number of rotatable bonds is 3. The maximum absolute atomic E-state index is 12.1. The molecule has 3 nitrogen and oxygen atoms in total. The predicted molar refractivity (Wildman–Crippen MR) is 72.0 cm³/mol. The molecule has 0 saturated heterocycles. The highest BCUT2D eigenvalue weighted by atomic mass is 32.2. The monoisotopic (exact) mass is 280 g/mol. The number of carbonyl (C=O) groups is 1. The van der Waals surface area contributed by atoms with E-state index in [1.54, 1.807) is 18.2 Å². The third kappa shape index (κ3) is 2.68. The van der Waals surface area contributed by atoms with Crippen molar-refractivity contribution in [2.45, 2.75) is 11.8 Å². The molecule has 5 heteroatoms. The molecule has 0 aliphatic carbocycles. The van der Waals surface area contributed by atoms with Gasteiger partial charge in [0.05, 0.1) is 9.77 Å². The van der Waals surface area contributed by atoms with Gasteiger partial charge in [0.15, 0.2) is 9.84 Å². The lowest BCUT2D eigenvalue weighted by atomic mass is 10.1. The van der Waals surface area contributed by atoms with Gasteiger partial charge in [-0.15, -0.1) is 11.3 Å². The Bertz CT molecular complexity index is 679. The van der Waals surface area contributed by atoms with Crippen LogP contribution in [0.1, 0.15) is 20.1 Å². The lowest BCUT2D eigenvalue weighted by Crippen LogP contribution is -2.01. The number of thiophene rings is 1. The molecular weight excluding hydrogens is 268 g/mol. The summed E-state index contributed by atoms with van der Waals surface area (Å²) in [7, 11) is -3.21. The second-order valence-corrected chi connectivity index (χ2v) is 7.34. The van der Waals surface area contributed by atoms with Gasteiger partial charge in [0.25, 0.3) is 0 Å². The van der Waals surface area contributed by atoms with Gasteiger partial charge in [-0.05, 0) is 43.3 Å². The molecular formula is C13H12O3S2. The highest BCUT2D eigenvalue weighted by Crippen LogP contribution is 2.20. The number of ketones is 1. The molecule has 1 aromatic heterocycles. The topological polar surface area (TPSA) is 51.2 Å². The molecule has 1 heterocycles. The zero-order valence-corrected chi connectivity index (χ0v) is 11.6. The van der Waals surface area contributed by atoms with E-state index in [0.29, 0.717) is 10.4 Å². The number of hydrogen-bond donors (Lipinski definition) is 0. The van der Waals surface area contributed by atoms with Crippen molar-refractivity contribution in [1.82, 2.24) is 0 Å². The van der Waals surface area contributed by atoms with Crippen molar-refractivity contribution in [3.8, 4) is 0 Å². The first-order valence-corrected chi connectivity index (χ1v) is 8.00. The predicted octanol–water partition coefficient (Wildman–Crippen LogP) is 2.69. The molecule has 0 aliphatic rings. The lowest BCUT2D eigenvalue weighted by molar-refractivity contribution is 0.104. The second kappa shape index (κ2) is 4.66. The van der Waals surface area contributed by atoms with Gasteiger partial charge >= 0.3 is 0 Å². The highest BCUT2D eigenvalue weighted by molar-refractivity contribution is 7.90. The molecule has 0 fully saturated rings. The minimum atomic E-state index is -3.21. The molecule has 18 heavy (non-hydrogen) atoms. The molecule has 0 radical (unpaired) electrons. The van der Waals surface area contributed by atoms with Gasteiger partial charge in [0.1, 0.15) is 0 Å². The summed E-state index contributed by atoms with van der Waals surface area (Å²) in [6.07, 6.45) is 1.15. The summed E-state index contributed by atoms with van der Waals surface area (Å²) in [5.74, 6) is -0.0758. The molecule has 0 aliphatic heterocycles. The van der Waals surface area contributed by atoms with E-state index in [-0.39, 0.29) is 10.7 Å². The largest absolute Gasteiger partial charge is 0.288 e. The van der Waals surface area contributed by atoms with Crippen LogP contribution < -0.4 is 0 Å². The molecule has 0 unspecified atom stereocenters. The van der Waals surface area contributed by atoms with Gasteiger partial charge in [0.2, 0.25) is 5.78 Å². The van der Waals surface area contributed by atoms with E-state index in [2.05, 4.69) is 0 Å². The number of carbonyl (C=O) groups excluding carboxylic acids is 1. The fourth-order valence-corrected chi connectivity index (χ4v) is 3.01. The third-order valence-electron chi connectivity index (χ3n) is 2.51. The van der Waals surface area contributed by atoms with Crippen molar-refractivity contribution in [3.05, 3.63) is 51.7 Å². The summed E-state index contributed by atoms with van der Waals surface area (Å²) in [5, 5.41) is 0. The Morgan fingerprint density at radius 1 is 1.06 bits per heavy atom. The Hall–Kier alpha value is -1.46. The summed E-state index contributed by atoms with van der Waals surface area (Å²) >= 11 is 1.43. The lowest BCUT2D eigenvalue weighted by Gasteiger charge is -2.00. The van der Waals surface area contributed by atoms with Crippen molar-refractivity contribution in [1.29, 1.82) is 0 Å². The van der Waals surface area contributed by atoms with Crippen LogP contribution in [0.25, 0.3) is 0 Å². The molecule has 2 aromatic rings. The van der Waals surface area contributed by atoms with Gasteiger partial charge in [-0.3, -0.25) is 4.79 Å². The van der Waals surface area contributed by atoms with Crippen LogP contribution in [0.3, 0.4) is 0 Å². The van der Waals surface area contributed by atoms with E-state index in [1.807, 2.05) is 13.0 Å². The summed E-state index contributed by atoms with van der Waals surface area (Å²) in [6.45, 7) is 1.94. The van der Waals surface area contributed by atoms with Crippen LogP contribution in [-0.2, 0) is 9.84 Å². The number of hydrogen-bond acceptors (Lipinski definition) is 4. The first-order chi connectivity index (χ1) is 8.38. The molecule has 0 bridgehead atoms. The molecule has 0 amide bonds. The van der Waals surface area contributed by atoms with E-state index in [0.717, 1.165) is 11.1 Å². The fraction of sp³-hybridized carbons (Fsp3) is 0.154. The zero-order valence-electron chi connectivity index (χ0n) is 10.0. The Balaban J connectivity index is 2.33. The Kier molecular flexibility index (Phi) is 3.36. The maximum Gasteiger partial charge on any atom is 0.202 e. The molecule has 0 atom stereocenters. The minimum absolute atomic E-state index is 0.0758. The number of aryl methyl sites for hydroxylation is 1. The average molecular weight is 280 g/mol. The maximum atomic E-state index is 12.1. The van der Waals surface area contributed by atoms with Crippen molar-refractivity contribution in [2.75, 3.05) is 6.26 Å². The van der Waals surface area contributed by atoms with Gasteiger partial charge < -0.3 is 0 Å². The van der Waals surface area contributed by atoms with Crippen molar-refractivity contribution >= 4 is 27.0 Å².